The van der Waals surface area contributed by atoms with Gasteiger partial charge in [0.2, 0.25) is 0 Å². The molecule has 1 aromatic carbocycles. The molecule has 2 rings (SSSR count). The maximum absolute atomic E-state index is 11.6. The zero-order chi connectivity index (χ0) is 15.2. The van der Waals surface area contributed by atoms with Crippen molar-refractivity contribution in [1.29, 1.82) is 0 Å². The number of nitrogens with zero attached hydrogens (tertiary/aromatic N) is 4. The third-order valence-electron chi connectivity index (χ3n) is 2.46. The van der Waals surface area contributed by atoms with E-state index in [4.69, 9.17) is 32.7 Å². The topological polar surface area (TPSA) is 79.1 Å². The van der Waals surface area contributed by atoms with E-state index in [0.29, 0.717) is 15.8 Å². The van der Waals surface area contributed by atoms with E-state index in [0.717, 1.165) is 0 Å². The number of hydrogen-bond donors (Lipinski definition) is 0. The molecular weight excluding hydrogens is 319 g/mol. The third kappa shape index (κ3) is 3.83. The lowest BCUT2D eigenvalue weighted by molar-refractivity contribution is 0.0503. The molecule has 7 nitrogen and oxygen atoms in total. The Kier molecular flexibility index (Phi) is 5.35. The van der Waals surface area contributed by atoms with Crippen molar-refractivity contribution in [2.24, 2.45) is 0 Å². The summed E-state index contributed by atoms with van der Waals surface area (Å²) in [7, 11) is 0. The summed E-state index contributed by atoms with van der Waals surface area (Å²) in [6.07, 6.45) is 0. The van der Waals surface area contributed by atoms with Crippen LogP contribution in [-0.4, -0.2) is 39.4 Å². The van der Waals surface area contributed by atoms with E-state index in [1.807, 2.05) is 0 Å². The molecule has 0 atom stereocenters. The Morgan fingerprint density at radius 3 is 2.71 bits per heavy atom. The van der Waals surface area contributed by atoms with Gasteiger partial charge in [0.1, 0.15) is 6.61 Å². The average molecular weight is 331 g/mol. The van der Waals surface area contributed by atoms with Gasteiger partial charge in [-0.1, -0.05) is 29.3 Å². The monoisotopic (exact) mass is 330 g/mol. The fraction of sp³-hybridized carbons (Fsp3) is 0.333. The summed E-state index contributed by atoms with van der Waals surface area (Å²) in [6, 6.07) is 5.06. The van der Waals surface area contributed by atoms with Gasteiger partial charge in [0.15, 0.2) is 5.75 Å². The number of hydrogen-bond acceptors (Lipinski definition) is 6. The third-order valence-corrected chi connectivity index (χ3v) is 3.05. The summed E-state index contributed by atoms with van der Waals surface area (Å²) < 4.78 is 11.6. The number of benzene rings is 1. The van der Waals surface area contributed by atoms with Crippen LogP contribution >= 0.6 is 23.2 Å². The van der Waals surface area contributed by atoms with Gasteiger partial charge in [0, 0.05) is 0 Å². The van der Waals surface area contributed by atoms with Crippen molar-refractivity contribution in [3.05, 3.63) is 34.1 Å². The molecule has 0 unspecified atom stereocenters. The standard InChI is InChI=1S/C12H12Cl2N4O3/c1-2-20-12(19)11-15-16-17-18(11)6-7-21-10-8(13)4-3-5-9(10)14/h3-5H,2,6-7H2,1H3. The first-order valence-electron chi connectivity index (χ1n) is 6.13. The predicted octanol–water partition coefficient (Wildman–Crippen LogP) is 2.24. The van der Waals surface area contributed by atoms with Crippen LogP contribution in [0.2, 0.25) is 10.0 Å². The normalized spacial score (nSPS) is 10.4. The second-order valence-corrected chi connectivity index (χ2v) is 4.66. The molecule has 0 N–H and O–H groups in total. The molecule has 0 bridgehead atoms. The Hall–Kier alpha value is -1.86. The van der Waals surface area contributed by atoms with E-state index < -0.39 is 5.97 Å². The molecule has 2 aromatic rings. The minimum absolute atomic E-state index is 0.0192. The Balaban J connectivity index is 1.98. The summed E-state index contributed by atoms with van der Waals surface area (Å²) in [5.74, 6) is -0.185. The first-order valence-corrected chi connectivity index (χ1v) is 6.89. The summed E-state index contributed by atoms with van der Waals surface area (Å²) in [6.45, 7) is 2.40. The van der Waals surface area contributed by atoms with E-state index in [2.05, 4.69) is 15.5 Å². The summed E-state index contributed by atoms with van der Waals surface area (Å²) in [5.41, 5.74) is 0. The van der Waals surface area contributed by atoms with Crippen molar-refractivity contribution in [2.45, 2.75) is 13.5 Å². The van der Waals surface area contributed by atoms with Crippen LogP contribution in [0, 0.1) is 0 Å². The molecule has 0 aliphatic carbocycles. The molecular formula is C12H12Cl2N4O3. The van der Waals surface area contributed by atoms with Gasteiger partial charge in [-0.2, -0.15) is 0 Å². The highest BCUT2D eigenvalue weighted by Gasteiger charge is 2.16. The molecule has 0 saturated carbocycles. The zero-order valence-corrected chi connectivity index (χ0v) is 12.6. The van der Waals surface area contributed by atoms with Crippen LogP contribution in [-0.2, 0) is 11.3 Å². The average Bonchev–Trinajstić information content (AvgIpc) is 2.91. The summed E-state index contributed by atoms with van der Waals surface area (Å²) in [5, 5.41) is 11.6. The molecule has 0 aliphatic heterocycles. The largest absolute Gasteiger partial charge is 0.489 e. The molecule has 0 amide bonds. The van der Waals surface area contributed by atoms with Gasteiger partial charge in [-0.15, -0.1) is 5.10 Å². The van der Waals surface area contributed by atoms with Crippen LogP contribution in [0.5, 0.6) is 5.75 Å². The summed E-state index contributed by atoms with van der Waals surface area (Å²) in [4.78, 5) is 11.6. The minimum Gasteiger partial charge on any atom is -0.489 e. The van der Waals surface area contributed by atoms with Crippen LogP contribution in [0.4, 0.5) is 0 Å². The maximum Gasteiger partial charge on any atom is 0.378 e. The lowest BCUT2D eigenvalue weighted by Crippen LogP contribution is -2.18. The van der Waals surface area contributed by atoms with E-state index in [1.54, 1.807) is 25.1 Å². The predicted molar refractivity (Wildman–Crippen MR) is 75.7 cm³/mol. The number of esters is 1. The molecule has 0 fully saturated rings. The first-order chi connectivity index (χ1) is 10.1. The van der Waals surface area contributed by atoms with Crippen LogP contribution in [0.25, 0.3) is 0 Å². The molecule has 1 aromatic heterocycles. The zero-order valence-electron chi connectivity index (χ0n) is 11.1. The molecule has 0 spiro atoms. The fourth-order valence-corrected chi connectivity index (χ4v) is 2.06. The summed E-state index contributed by atoms with van der Waals surface area (Å²) >= 11 is 12.0. The van der Waals surface area contributed by atoms with Crippen LogP contribution in [0.3, 0.4) is 0 Å². The van der Waals surface area contributed by atoms with Gasteiger partial charge in [-0.25, -0.2) is 9.48 Å². The molecule has 0 radical (unpaired) electrons. The number of tetrazole rings is 1. The van der Waals surface area contributed by atoms with Crippen molar-refractivity contribution in [1.82, 2.24) is 20.2 Å². The number of carbonyl (C=O) groups excluding carboxylic acids is 1. The lowest BCUT2D eigenvalue weighted by atomic mass is 10.3. The Morgan fingerprint density at radius 1 is 1.33 bits per heavy atom. The molecule has 1 heterocycles. The first kappa shape index (κ1) is 15.5. The molecule has 112 valence electrons. The molecule has 21 heavy (non-hydrogen) atoms. The Bertz CT molecular complexity index is 612. The quantitative estimate of drug-likeness (QED) is 0.755. The molecule has 0 saturated heterocycles. The van der Waals surface area contributed by atoms with E-state index in [-0.39, 0.29) is 25.6 Å². The number of para-hydroxylation sites is 1. The number of carbonyl (C=O) groups is 1. The van der Waals surface area contributed by atoms with E-state index >= 15 is 0 Å². The SMILES string of the molecule is CCOC(=O)c1nnnn1CCOc1c(Cl)cccc1Cl. The number of halogens is 2. The number of rotatable bonds is 6. The van der Waals surface area contributed by atoms with Gasteiger partial charge in [-0.3, -0.25) is 0 Å². The minimum atomic E-state index is -0.585. The van der Waals surface area contributed by atoms with Crippen molar-refractivity contribution in [2.75, 3.05) is 13.2 Å². The molecule has 0 aliphatic rings. The molecule has 9 heteroatoms. The fourth-order valence-electron chi connectivity index (χ4n) is 1.55. The maximum atomic E-state index is 11.6. The van der Waals surface area contributed by atoms with Crippen LogP contribution in [0.15, 0.2) is 18.2 Å². The van der Waals surface area contributed by atoms with E-state index in [9.17, 15) is 4.79 Å². The van der Waals surface area contributed by atoms with Crippen molar-refractivity contribution < 1.29 is 14.3 Å². The van der Waals surface area contributed by atoms with Gasteiger partial charge in [0.05, 0.1) is 23.2 Å². The van der Waals surface area contributed by atoms with Crippen molar-refractivity contribution in [3.63, 3.8) is 0 Å². The van der Waals surface area contributed by atoms with Gasteiger partial charge in [0.25, 0.3) is 5.82 Å². The highest BCUT2D eigenvalue weighted by atomic mass is 35.5. The second-order valence-electron chi connectivity index (χ2n) is 3.85. The number of ether oxygens (including phenoxy) is 2. The number of aromatic nitrogens is 4. The second kappa shape index (κ2) is 7.24. The van der Waals surface area contributed by atoms with E-state index in [1.165, 1.54) is 4.68 Å². The highest BCUT2D eigenvalue weighted by Crippen LogP contribution is 2.32. The van der Waals surface area contributed by atoms with Crippen molar-refractivity contribution >= 4 is 29.2 Å². The Labute approximate surface area is 130 Å². The smallest absolute Gasteiger partial charge is 0.378 e. The van der Waals surface area contributed by atoms with Gasteiger partial charge in [-0.05, 0) is 29.5 Å². The van der Waals surface area contributed by atoms with Gasteiger partial charge >= 0.3 is 5.97 Å². The van der Waals surface area contributed by atoms with Gasteiger partial charge < -0.3 is 9.47 Å². The van der Waals surface area contributed by atoms with Crippen LogP contribution in [0.1, 0.15) is 17.5 Å². The highest BCUT2D eigenvalue weighted by molar-refractivity contribution is 6.37. The van der Waals surface area contributed by atoms with Crippen LogP contribution < -0.4 is 4.74 Å². The Morgan fingerprint density at radius 2 is 2.05 bits per heavy atom. The van der Waals surface area contributed by atoms with Crippen molar-refractivity contribution in [3.8, 4) is 5.75 Å². The lowest BCUT2D eigenvalue weighted by Gasteiger charge is -2.10.